The van der Waals surface area contributed by atoms with Crippen LogP contribution in [-0.2, 0) is 0 Å². The van der Waals surface area contributed by atoms with Crippen LogP contribution >= 0.6 is 0 Å². The first-order valence-electron chi connectivity index (χ1n) is 10.9. The second kappa shape index (κ2) is 8.12. The van der Waals surface area contributed by atoms with E-state index in [9.17, 15) is 13.6 Å². The van der Waals surface area contributed by atoms with Gasteiger partial charge in [0.25, 0.3) is 5.91 Å². The van der Waals surface area contributed by atoms with Crippen molar-refractivity contribution < 1.29 is 13.6 Å². The molecule has 0 saturated carbocycles. The molecular formula is C22H23F2N9O. The number of halogens is 2. The van der Waals surface area contributed by atoms with E-state index in [0.29, 0.717) is 18.2 Å². The second-order valence-corrected chi connectivity index (χ2v) is 8.71. The number of amides is 1. The molecule has 1 saturated heterocycles. The summed E-state index contributed by atoms with van der Waals surface area (Å²) in [6.07, 6.45) is 1.47. The molecule has 0 spiro atoms. The van der Waals surface area contributed by atoms with Crippen molar-refractivity contribution in [2.75, 3.05) is 31.3 Å². The number of fused-ring (bicyclic) bond motifs is 3. The summed E-state index contributed by atoms with van der Waals surface area (Å²) >= 11 is 0. The Morgan fingerprint density at radius 2 is 1.94 bits per heavy atom. The van der Waals surface area contributed by atoms with Crippen LogP contribution in [0.25, 0.3) is 16.6 Å². The van der Waals surface area contributed by atoms with E-state index >= 15 is 0 Å². The fourth-order valence-electron chi connectivity index (χ4n) is 4.27. The lowest BCUT2D eigenvalue weighted by Crippen LogP contribution is -2.45. The number of anilines is 2. The van der Waals surface area contributed by atoms with E-state index in [1.165, 1.54) is 4.52 Å². The Hall–Kier alpha value is -3.96. The Morgan fingerprint density at radius 1 is 1.15 bits per heavy atom. The number of nitrogens with zero attached hydrogens (tertiary/aromatic N) is 8. The minimum absolute atomic E-state index is 0.00753. The number of rotatable bonds is 3. The van der Waals surface area contributed by atoms with Crippen molar-refractivity contribution in [2.24, 2.45) is 0 Å². The number of piperidine rings is 1. The van der Waals surface area contributed by atoms with Crippen LogP contribution < -0.4 is 10.6 Å². The highest BCUT2D eigenvalue weighted by molar-refractivity contribution is 5.93. The second-order valence-electron chi connectivity index (χ2n) is 8.71. The van der Waals surface area contributed by atoms with Gasteiger partial charge < -0.3 is 15.5 Å². The third-order valence-electron chi connectivity index (χ3n) is 6.17. The number of carbonyl (C=O) groups excluding carboxylic acids is 1. The molecule has 5 rings (SSSR count). The number of hydrogen-bond donors (Lipinski definition) is 1. The van der Waals surface area contributed by atoms with Gasteiger partial charge in [-0.05, 0) is 38.0 Å². The average molecular weight is 467 g/mol. The maximum absolute atomic E-state index is 14.3. The van der Waals surface area contributed by atoms with Crippen LogP contribution in [0, 0.1) is 11.6 Å². The number of benzene rings is 1. The zero-order chi connectivity index (χ0) is 24.1. The van der Waals surface area contributed by atoms with E-state index in [4.69, 9.17) is 5.73 Å². The molecule has 0 unspecified atom stereocenters. The molecule has 1 aliphatic rings. The lowest BCUT2D eigenvalue weighted by atomic mass is 9.92. The summed E-state index contributed by atoms with van der Waals surface area (Å²) in [4.78, 5) is 25.3. The van der Waals surface area contributed by atoms with Crippen molar-refractivity contribution in [1.82, 2.24) is 34.7 Å². The van der Waals surface area contributed by atoms with Gasteiger partial charge in [-0.2, -0.15) is 4.52 Å². The highest BCUT2D eigenvalue weighted by Gasteiger charge is 2.33. The predicted molar refractivity (Wildman–Crippen MR) is 121 cm³/mol. The number of nitrogens with two attached hydrogens (primary N) is 1. The van der Waals surface area contributed by atoms with E-state index in [2.05, 4.69) is 25.3 Å². The fraction of sp³-hybridized carbons (Fsp3) is 0.364. The van der Waals surface area contributed by atoms with Crippen molar-refractivity contribution in [1.29, 1.82) is 0 Å². The molecule has 10 nitrogen and oxygen atoms in total. The molecule has 0 radical (unpaired) electrons. The summed E-state index contributed by atoms with van der Waals surface area (Å²) in [6, 6.07) is 5.31. The topological polar surface area (TPSA) is 118 Å². The summed E-state index contributed by atoms with van der Waals surface area (Å²) in [5, 5.41) is 12.8. The maximum atomic E-state index is 14.3. The van der Waals surface area contributed by atoms with Crippen molar-refractivity contribution >= 4 is 34.2 Å². The molecule has 34 heavy (non-hydrogen) atoms. The van der Waals surface area contributed by atoms with Gasteiger partial charge in [0, 0.05) is 38.7 Å². The molecule has 1 aliphatic heterocycles. The maximum Gasteiger partial charge on any atom is 0.274 e. The first-order valence-corrected chi connectivity index (χ1v) is 10.9. The normalized spacial score (nSPS) is 18.6. The van der Waals surface area contributed by atoms with Gasteiger partial charge in [0.1, 0.15) is 11.3 Å². The summed E-state index contributed by atoms with van der Waals surface area (Å²) in [7, 11) is 3.69. The highest BCUT2D eigenvalue weighted by Crippen LogP contribution is 2.31. The fourth-order valence-corrected chi connectivity index (χ4v) is 4.27. The quantitative estimate of drug-likeness (QED) is 0.488. The Labute approximate surface area is 193 Å². The molecule has 4 heterocycles. The lowest BCUT2D eigenvalue weighted by molar-refractivity contribution is 0.0599. The van der Waals surface area contributed by atoms with E-state index < -0.39 is 11.6 Å². The summed E-state index contributed by atoms with van der Waals surface area (Å²) in [6.45, 7) is 2.34. The standard InChI is InChI=1S/C22H23F2N9O/c1-11-4-5-12(10-32(11)21(34)16-6-7-17(29-28-16)31(2)3)19-27-20-14-8-13(23)9-15(24)18(14)26-22(25)33(20)30-19/h6-9,11-12H,4-5,10H2,1-3H3,(H2,25,26)/t11-,12+/m0/s1. The van der Waals surface area contributed by atoms with Crippen LogP contribution in [0.5, 0.6) is 0 Å². The van der Waals surface area contributed by atoms with Crippen LogP contribution in [0.4, 0.5) is 20.5 Å². The molecule has 2 atom stereocenters. The minimum atomic E-state index is -0.821. The third-order valence-corrected chi connectivity index (χ3v) is 6.17. The first kappa shape index (κ1) is 21.9. The van der Waals surface area contributed by atoms with Crippen LogP contribution in [-0.4, -0.2) is 67.3 Å². The molecule has 0 aliphatic carbocycles. The van der Waals surface area contributed by atoms with Gasteiger partial charge in [-0.1, -0.05) is 0 Å². The molecule has 1 aromatic carbocycles. The van der Waals surface area contributed by atoms with Crippen LogP contribution in [0.2, 0.25) is 0 Å². The number of aromatic nitrogens is 6. The minimum Gasteiger partial charge on any atom is -0.368 e. The van der Waals surface area contributed by atoms with E-state index in [1.807, 2.05) is 21.0 Å². The van der Waals surface area contributed by atoms with Crippen LogP contribution in [0.15, 0.2) is 24.3 Å². The molecule has 1 fully saturated rings. The van der Waals surface area contributed by atoms with Crippen molar-refractivity contribution in [3.63, 3.8) is 0 Å². The summed E-state index contributed by atoms with van der Waals surface area (Å²) < 4.78 is 29.4. The number of likely N-dealkylation sites (tertiary alicyclic amines) is 1. The Kier molecular flexibility index (Phi) is 5.22. The highest BCUT2D eigenvalue weighted by atomic mass is 19.1. The van der Waals surface area contributed by atoms with Gasteiger partial charge in [0.05, 0.1) is 5.39 Å². The van der Waals surface area contributed by atoms with Gasteiger partial charge in [-0.3, -0.25) is 4.79 Å². The largest absolute Gasteiger partial charge is 0.368 e. The van der Waals surface area contributed by atoms with Crippen LogP contribution in [0.3, 0.4) is 0 Å². The Morgan fingerprint density at radius 3 is 2.65 bits per heavy atom. The Balaban J connectivity index is 1.48. The van der Waals surface area contributed by atoms with E-state index in [1.54, 1.807) is 21.9 Å². The molecule has 4 aromatic rings. The average Bonchev–Trinajstić information content (AvgIpc) is 3.26. The van der Waals surface area contributed by atoms with Gasteiger partial charge >= 0.3 is 0 Å². The number of hydrogen-bond acceptors (Lipinski definition) is 8. The van der Waals surface area contributed by atoms with Gasteiger partial charge in [-0.15, -0.1) is 15.3 Å². The number of nitrogen functional groups attached to an aromatic ring is 1. The van der Waals surface area contributed by atoms with Crippen molar-refractivity contribution in [3.05, 3.63) is 47.4 Å². The van der Waals surface area contributed by atoms with Crippen molar-refractivity contribution in [3.8, 4) is 0 Å². The van der Waals surface area contributed by atoms with Gasteiger partial charge in [0.15, 0.2) is 28.8 Å². The SMILES string of the molecule is C[C@H]1CC[C@@H](c2nc3c4cc(F)cc(F)c4nc(N)n3n2)CN1C(=O)c1ccc(N(C)C)nn1. The third kappa shape index (κ3) is 3.64. The first-order chi connectivity index (χ1) is 16.2. The molecular weight excluding hydrogens is 444 g/mol. The monoisotopic (exact) mass is 467 g/mol. The molecule has 0 bridgehead atoms. The van der Waals surface area contributed by atoms with Crippen LogP contribution in [0.1, 0.15) is 42.0 Å². The summed E-state index contributed by atoms with van der Waals surface area (Å²) in [5.41, 5.74) is 6.39. The van der Waals surface area contributed by atoms with Crippen molar-refractivity contribution in [2.45, 2.75) is 31.7 Å². The molecule has 2 N–H and O–H groups in total. The molecule has 12 heteroatoms. The molecule has 1 amide bonds. The molecule has 176 valence electrons. The zero-order valence-corrected chi connectivity index (χ0v) is 18.9. The number of carbonyl (C=O) groups is 1. The predicted octanol–water partition coefficient (Wildman–Crippen LogP) is 2.40. The molecule has 3 aromatic heterocycles. The van der Waals surface area contributed by atoms with Gasteiger partial charge in [0.2, 0.25) is 5.95 Å². The Bertz CT molecular complexity index is 1400. The zero-order valence-electron chi connectivity index (χ0n) is 18.9. The van der Waals surface area contributed by atoms with Gasteiger partial charge in [-0.25, -0.2) is 18.7 Å². The van der Waals surface area contributed by atoms with E-state index in [-0.39, 0.29) is 46.1 Å². The smallest absolute Gasteiger partial charge is 0.274 e. The lowest BCUT2D eigenvalue weighted by Gasteiger charge is -2.36. The van der Waals surface area contributed by atoms with E-state index in [0.717, 1.165) is 25.0 Å². The summed E-state index contributed by atoms with van der Waals surface area (Å²) in [5.74, 6) is -0.951.